The summed E-state index contributed by atoms with van der Waals surface area (Å²) in [5.41, 5.74) is 3.65. The molecule has 1 aliphatic heterocycles. The SMILES string of the molecule is Cc1cc(N2CC(c3noc(-c4ccc5cc[nH]c5c4)n3)CC2=O)ccc1Cl. The Balaban J connectivity index is 1.40. The summed E-state index contributed by atoms with van der Waals surface area (Å²) in [6.45, 7) is 2.45. The molecule has 1 fully saturated rings. The molecule has 5 rings (SSSR count). The summed E-state index contributed by atoms with van der Waals surface area (Å²) in [6.07, 6.45) is 2.25. The van der Waals surface area contributed by atoms with Crippen LogP contribution in [0.4, 0.5) is 5.69 Å². The number of carbonyl (C=O) groups excluding carboxylic acids is 1. The number of aromatic nitrogens is 3. The van der Waals surface area contributed by atoms with Crippen LogP contribution in [0.15, 0.2) is 53.2 Å². The topological polar surface area (TPSA) is 75.0 Å². The van der Waals surface area contributed by atoms with Crippen molar-refractivity contribution in [2.24, 2.45) is 0 Å². The zero-order valence-electron chi connectivity index (χ0n) is 15.1. The minimum atomic E-state index is -0.102. The number of hydrogen-bond donors (Lipinski definition) is 1. The van der Waals surface area contributed by atoms with Crippen molar-refractivity contribution in [3.8, 4) is 11.5 Å². The molecule has 140 valence electrons. The van der Waals surface area contributed by atoms with Gasteiger partial charge < -0.3 is 14.4 Å². The summed E-state index contributed by atoms with van der Waals surface area (Å²) < 4.78 is 5.48. The third-order valence-corrected chi connectivity index (χ3v) is 5.61. The van der Waals surface area contributed by atoms with Gasteiger partial charge in [0.05, 0.1) is 0 Å². The van der Waals surface area contributed by atoms with E-state index in [2.05, 4.69) is 15.1 Å². The highest BCUT2D eigenvalue weighted by molar-refractivity contribution is 6.31. The second kappa shape index (κ2) is 6.49. The van der Waals surface area contributed by atoms with E-state index in [1.807, 2.05) is 55.6 Å². The predicted octanol–water partition coefficient (Wildman–Crippen LogP) is 4.70. The van der Waals surface area contributed by atoms with Crippen LogP contribution in [-0.4, -0.2) is 27.6 Å². The number of halogens is 1. The maximum absolute atomic E-state index is 12.6. The van der Waals surface area contributed by atoms with E-state index in [4.69, 9.17) is 16.1 Å². The lowest BCUT2D eigenvalue weighted by Gasteiger charge is -2.17. The third kappa shape index (κ3) is 2.86. The van der Waals surface area contributed by atoms with Gasteiger partial charge in [0.2, 0.25) is 5.91 Å². The normalized spacial score (nSPS) is 17.0. The van der Waals surface area contributed by atoms with Gasteiger partial charge in [-0.15, -0.1) is 0 Å². The number of carbonyl (C=O) groups is 1. The van der Waals surface area contributed by atoms with Crippen LogP contribution in [0.1, 0.15) is 23.7 Å². The molecule has 0 spiro atoms. The van der Waals surface area contributed by atoms with E-state index in [9.17, 15) is 4.79 Å². The number of amides is 1. The van der Waals surface area contributed by atoms with Crippen molar-refractivity contribution in [1.29, 1.82) is 0 Å². The molecule has 1 amide bonds. The minimum Gasteiger partial charge on any atom is -0.361 e. The van der Waals surface area contributed by atoms with E-state index >= 15 is 0 Å². The number of nitrogens with one attached hydrogen (secondary N) is 1. The van der Waals surface area contributed by atoms with Gasteiger partial charge in [-0.25, -0.2) is 0 Å². The van der Waals surface area contributed by atoms with Crippen LogP contribution in [-0.2, 0) is 4.79 Å². The van der Waals surface area contributed by atoms with Crippen LogP contribution in [0.25, 0.3) is 22.4 Å². The molecule has 4 aromatic rings. The first-order valence-electron chi connectivity index (χ1n) is 9.06. The summed E-state index contributed by atoms with van der Waals surface area (Å²) in [6, 6.07) is 13.6. The van der Waals surface area contributed by atoms with Gasteiger partial charge in [0.25, 0.3) is 5.89 Å². The summed E-state index contributed by atoms with van der Waals surface area (Å²) in [7, 11) is 0. The van der Waals surface area contributed by atoms with Crippen molar-refractivity contribution in [2.75, 3.05) is 11.4 Å². The average molecular weight is 393 g/mol. The zero-order valence-corrected chi connectivity index (χ0v) is 15.9. The van der Waals surface area contributed by atoms with Gasteiger partial charge in [-0.05, 0) is 54.3 Å². The van der Waals surface area contributed by atoms with Crippen molar-refractivity contribution >= 4 is 34.1 Å². The number of rotatable bonds is 3. The molecule has 1 N–H and O–H groups in total. The molecule has 0 bridgehead atoms. The van der Waals surface area contributed by atoms with E-state index in [-0.39, 0.29) is 11.8 Å². The molecule has 0 saturated carbocycles. The molecule has 28 heavy (non-hydrogen) atoms. The Morgan fingerprint density at radius 1 is 1.21 bits per heavy atom. The average Bonchev–Trinajstić information content (AvgIpc) is 3.42. The lowest BCUT2D eigenvalue weighted by Crippen LogP contribution is -2.24. The Hall–Kier alpha value is -3.12. The largest absolute Gasteiger partial charge is 0.361 e. The molecule has 6 nitrogen and oxygen atoms in total. The Kier molecular flexibility index (Phi) is 3.94. The molecule has 3 heterocycles. The molecule has 2 aromatic carbocycles. The zero-order chi connectivity index (χ0) is 19.3. The molecule has 1 saturated heterocycles. The van der Waals surface area contributed by atoms with Gasteiger partial charge in [-0.3, -0.25) is 4.79 Å². The Labute approximate surface area is 166 Å². The van der Waals surface area contributed by atoms with Gasteiger partial charge in [0.15, 0.2) is 5.82 Å². The van der Waals surface area contributed by atoms with Crippen molar-refractivity contribution in [3.05, 3.63) is 65.1 Å². The predicted molar refractivity (Wildman–Crippen MR) is 107 cm³/mol. The molecule has 1 unspecified atom stereocenters. The lowest BCUT2D eigenvalue weighted by atomic mass is 10.1. The number of H-pyrrole nitrogens is 1. The molecule has 0 radical (unpaired) electrons. The van der Waals surface area contributed by atoms with Crippen LogP contribution in [0.3, 0.4) is 0 Å². The minimum absolute atomic E-state index is 0.0471. The van der Waals surface area contributed by atoms with E-state index < -0.39 is 0 Å². The maximum atomic E-state index is 12.6. The first kappa shape index (κ1) is 17.0. The maximum Gasteiger partial charge on any atom is 0.258 e. The van der Waals surface area contributed by atoms with E-state index in [1.54, 1.807) is 4.90 Å². The first-order valence-corrected chi connectivity index (χ1v) is 9.44. The Morgan fingerprint density at radius 3 is 2.96 bits per heavy atom. The van der Waals surface area contributed by atoms with E-state index in [0.717, 1.165) is 27.7 Å². The van der Waals surface area contributed by atoms with Gasteiger partial charge in [0.1, 0.15) is 0 Å². The fourth-order valence-corrected chi connectivity index (χ4v) is 3.74. The second-order valence-corrected chi connectivity index (χ2v) is 7.48. The number of fused-ring (bicyclic) bond motifs is 1. The van der Waals surface area contributed by atoms with Crippen LogP contribution in [0.2, 0.25) is 5.02 Å². The Bertz CT molecular complexity index is 1200. The van der Waals surface area contributed by atoms with Crippen molar-refractivity contribution in [2.45, 2.75) is 19.3 Å². The van der Waals surface area contributed by atoms with Gasteiger partial charge in [-0.2, -0.15) is 4.98 Å². The van der Waals surface area contributed by atoms with Crippen molar-refractivity contribution < 1.29 is 9.32 Å². The number of aromatic amines is 1. The highest BCUT2D eigenvalue weighted by Gasteiger charge is 2.34. The molecular weight excluding hydrogens is 376 g/mol. The highest BCUT2D eigenvalue weighted by atomic mass is 35.5. The van der Waals surface area contributed by atoms with Crippen LogP contribution in [0, 0.1) is 6.92 Å². The molecular formula is C21H17ClN4O2. The number of benzene rings is 2. The molecule has 2 aromatic heterocycles. The summed E-state index contributed by atoms with van der Waals surface area (Å²) in [5.74, 6) is 0.962. The van der Waals surface area contributed by atoms with Gasteiger partial charge in [-0.1, -0.05) is 22.8 Å². The highest BCUT2D eigenvalue weighted by Crippen LogP contribution is 2.33. The lowest BCUT2D eigenvalue weighted by molar-refractivity contribution is -0.117. The first-order chi connectivity index (χ1) is 13.6. The summed E-state index contributed by atoms with van der Waals surface area (Å²) in [5, 5.41) is 5.95. The van der Waals surface area contributed by atoms with Gasteiger partial charge in [0, 0.05) is 46.9 Å². The third-order valence-electron chi connectivity index (χ3n) is 5.19. The van der Waals surface area contributed by atoms with Crippen LogP contribution >= 0.6 is 11.6 Å². The fourth-order valence-electron chi connectivity index (χ4n) is 3.63. The summed E-state index contributed by atoms with van der Waals surface area (Å²) >= 11 is 6.10. The monoisotopic (exact) mass is 392 g/mol. The van der Waals surface area contributed by atoms with E-state index in [1.165, 1.54) is 0 Å². The number of aryl methyl sites for hydroxylation is 1. The molecule has 0 aliphatic carbocycles. The van der Waals surface area contributed by atoms with Gasteiger partial charge >= 0.3 is 0 Å². The number of anilines is 1. The Morgan fingerprint density at radius 2 is 2.11 bits per heavy atom. The standard InChI is InChI=1S/C21H17ClN4O2/c1-12-8-16(4-5-17(12)22)26-11-15(10-19(26)27)20-24-21(28-25-20)14-3-2-13-6-7-23-18(13)9-14/h2-9,15,23H,10-11H2,1H3. The smallest absolute Gasteiger partial charge is 0.258 e. The number of hydrogen-bond acceptors (Lipinski definition) is 4. The fraction of sp³-hybridized carbons (Fsp3) is 0.190. The van der Waals surface area contributed by atoms with Crippen LogP contribution < -0.4 is 4.90 Å². The second-order valence-electron chi connectivity index (χ2n) is 7.08. The number of nitrogens with zero attached hydrogens (tertiary/aromatic N) is 3. The summed E-state index contributed by atoms with van der Waals surface area (Å²) in [4.78, 5) is 22.0. The molecule has 7 heteroatoms. The quantitative estimate of drug-likeness (QED) is 0.548. The van der Waals surface area contributed by atoms with E-state index in [0.29, 0.717) is 29.7 Å². The van der Waals surface area contributed by atoms with Crippen molar-refractivity contribution in [1.82, 2.24) is 15.1 Å². The molecule has 1 atom stereocenters. The molecule has 1 aliphatic rings. The van der Waals surface area contributed by atoms with Crippen molar-refractivity contribution in [3.63, 3.8) is 0 Å². The van der Waals surface area contributed by atoms with Crippen LogP contribution in [0.5, 0.6) is 0 Å².